The van der Waals surface area contributed by atoms with E-state index in [0.717, 1.165) is 0 Å². The van der Waals surface area contributed by atoms with Gasteiger partial charge in [0.25, 0.3) is 0 Å². The molecule has 0 aromatic heterocycles. The third-order valence-corrected chi connectivity index (χ3v) is 0.542. The highest BCUT2D eigenvalue weighted by Crippen LogP contribution is 1.90. The van der Waals surface area contributed by atoms with Crippen LogP contribution in [0.15, 0.2) is 4.40 Å². The molecule has 0 saturated heterocycles. The van der Waals surface area contributed by atoms with Crippen LogP contribution < -0.4 is 5.11 Å². The molecule has 7 heteroatoms. The van der Waals surface area contributed by atoms with Gasteiger partial charge in [-0.1, -0.05) is 3.89 Å². The van der Waals surface area contributed by atoms with Gasteiger partial charge in [-0.05, 0) is 0 Å². The minimum atomic E-state index is -5.32. The maximum atomic E-state index is 11.0. The van der Waals surface area contributed by atoms with Crippen molar-refractivity contribution in [2.75, 3.05) is 0 Å². The van der Waals surface area contributed by atoms with E-state index < -0.39 is 16.6 Å². The van der Waals surface area contributed by atoms with Gasteiger partial charge in [0.2, 0.25) is 0 Å². The summed E-state index contributed by atoms with van der Waals surface area (Å²) in [6.45, 7) is 0. The molecule has 0 spiro atoms. The van der Waals surface area contributed by atoms with Crippen molar-refractivity contribution >= 4 is 16.6 Å². The van der Waals surface area contributed by atoms with Crippen LogP contribution in [-0.4, -0.2) is 14.6 Å². The Morgan fingerprint density at radius 2 is 2.00 bits per heavy atom. The minimum absolute atomic E-state index is 1.41. The topological polar surface area (TPSA) is 69.6 Å². The van der Waals surface area contributed by atoms with Crippen molar-refractivity contribution in [3.8, 4) is 0 Å². The quantitative estimate of drug-likeness (QED) is 0.266. The SMILES string of the molecule is O=S(=O)(F)/N=C(\[O-])F. The summed E-state index contributed by atoms with van der Waals surface area (Å²) in [5.74, 6) is 0. The normalized spacial score (nSPS) is 14.0. The van der Waals surface area contributed by atoms with Crippen LogP contribution in [0.5, 0.6) is 0 Å². The molecule has 48 valence electrons. The van der Waals surface area contributed by atoms with Crippen LogP contribution in [0.3, 0.4) is 0 Å². The second-order valence-corrected chi connectivity index (χ2v) is 1.76. The summed E-state index contributed by atoms with van der Waals surface area (Å²) >= 11 is 0. The monoisotopic (exact) mass is 144 g/mol. The van der Waals surface area contributed by atoms with Gasteiger partial charge >= 0.3 is 10.4 Å². The highest BCUT2D eigenvalue weighted by Gasteiger charge is 1.99. The summed E-state index contributed by atoms with van der Waals surface area (Å²) in [5, 5.41) is 9.01. The molecule has 0 N–H and O–H groups in total. The molecule has 0 aliphatic heterocycles. The second kappa shape index (κ2) is 2.03. The number of nitrogens with zero attached hydrogens (tertiary/aromatic N) is 1. The Bertz CT molecular complexity index is 189. The molecular weight excluding hydrogens is 144 g/mol. The van der Waals surface area contributed by atoms with Crippen molar-refractivity contribution in [2.24, 2.45) is 4.40 Å². The van der Waals surface area contributed by atoms with Gasteiger partial charge in [-0.2, -0.15) is 8.42 Å². The van der Waals surface area contributed by atoms with Gasteiger partial charge in [-0.25, -0.2) is 4.39 Å². The first-order chi connectivity index (χ1) is 3.42. The van der Waals surface area contributed by atoms with E-state index in [1.165, 1.54) is 4.40 Å². The molecule has 0 saturated carbocycles. The van der Waals surface area contributed by atoms with Crippen LogP contribution in [0.4, 0.5) is 8.28 Å². The van der Waals surface area contributed by atoms with Crippen molar-refractivity contribution in [3.63, 3.8) is 0 Å². The molecule has 0 amide bonds. The van der Waals surface area contributed by atoms with E-state index in [9.17, 15) is 8.28 Å². The standard InChI is InChI=1S/CHF2NO3S/c2-1(5)4-8(3,6)7/h(H,4,5)/p-1. The van der Waals surface area contributed by atoms with E-state index in [2.05, 4.69) is 0 Å². The first-order valence-electron chi connectivity index (χ1n) is 1.29. The first kappa shape index (κ1) is 7.28. The summed E-state index contributed by atoms with van der Waals surface area (Å²) in [6, 6.07) is 0. The molecule has 0 heterocycles. The molecule has 0 rings (SSSR count). The number of hydrogen-bond donors (Lipinski definition) is 0. The first-order valence-corrected chi connectivity index (χ1v) is 2.63. The van der Waals surface area contributed by atoms with Crippen molar-refractivity contribution in [2.45, 2.75) is 0 Å². The summed E-state index contributed by atoms with van der Waals surface area (Å²) in [4.78, 5) is 0. The summed E-state index contributed by atoms with van der Waals surface area (Å²) in [7, 11) is -5.32. The van der Waals surface area contributed by atoms with Gasteiger partial charge in [0, 0.05) is 0 Å². The zero-order valence-electron chi connectivity index (χ0n) is 3.34. The molecule has 0 unspecified atom stereocenters. The Morgan fingerprint density at radius 3 is 2.00 bits per heavy atom. The number of hydrogen-bond acceptors (Lipinski definition) is 3. The highest BCUT2D eigenvalue weighted by molar-refractivity contribution is 7.85. The molecule has 0 radical (unpaired) electrons. The Labute approximate surface area is 43.8 Å². The van der Waals surface area contributed by atoms with Crippen LogP contribution in [0.25, 0.3) is 0 Å². The fraction of sp³-hybridized carbons (Fsp3) is 0. The largest absolute Gasteiger partial charge is 0.836 e. The smallest absolute Gasteiger partial charge is 0.419 e. The fourth-order valence-electron chi connectivity index (χ4n) is 0.0857. The average Bonchev–Trinajstić information content (AvgIpc) is 1.21. The van der Waals surface area contributed by atoms with Crippen molar-refractivity contribution in [1.82, 2.24) is 0 Å². The molecule has 0 bridgehead atoms. The summed E-state index contributed by atoms with van der Waals surface area (Å²) in [5.41, 5.74) is 0. The zero-order valence-corrected chi connectivity index (χ0v) is 4.15. The molecule has 0 aliphatic carbocycles. The zero-order chi connectivity index (χ0) is 6.78. The van der Waals surface area contributed by atoms with Crippen molar-refractivity contribution < 1.29 is 21.8 Å². The lowest BCUT2D eigenvalue weighted by molar-refractivity contribution is -0.232. The van der Waals surface area contributed by atoms with Gasteiger partial charge < -0.3 is 5.11 Å². The van der Waals surface area contributed by atoms with E-state index in [-0.39, 0.29) is 0 Å². The minimum Gasteiger partial charge on any atom is -0.836 e. The van der Waals surface area contributed by atoms with E-state index in [1.807, 2.05) is 0 Å². The predicted octanol–water partition coefficient (Wildman–Crippen LogP) is -1.11. The van der Waals surface area contributed by atoms with E-state index in [0.29, 0.717) is 0 Å². The Balaban J connectivity index is 4.36. The Kier molecular flexibility index (Phi) is 1.85. The van der Waals surface area contributed by atoms with Gasteiger partial charge in [0.1, 0.15) is 0 Å². The fourth-order valence-corrected chi connectivity index (χ4v) is 0.257. The summed E-state index contributed by atoms with van der Waals surface area (Å²) in [6.07, 6.45) is -2.56. The molecule has 4 nitrogen and oxygen atoms in total. The predicted molar refractivity (Wildman–Crippen MR) is 18.6 cm³/mol. The van der Waals surface area contributed by atoms with Gasteiger partial charge in [-0.15, -0.1) is 4.40 Å². The maximum absolute atomic E-state index is 11.0. The Hall–Kier alpha value is -0.720. The van der Waals surface area contributed by atoms with Crippen LogP contribution in [-0.2, 0) is 10.4 Å². The lowest BCUT2D eigenvalue weighted by Gasteiger charge is -1.90. The number of halogens is 2. The highest BCUT2D eigenvalue weighted by atomic mass is 32.3. The lowest BCUT2D eigenvalue weighted by atomic mass is 11.5. The average molecular weight is 144 g/mol. The molecule has 8 heavy (non-hydrogen) atoms. The molecule has 0 aromatic carbocycles. The van der Waals surface area contributed by atoms with E-state index in [4.69, 9.17) is 13.5 Å². The van der Waals surface area contributed by atoms with Crippen LogP contribution in [0.2, 0.25) is 0 Å². The van der Waals surface area contributed by atoms with E-state index in [1.54, 1.807) is 0 Å². The van der Waals surface area contributed by atoms with Gasteiger partial charge in [0.05, 0.1) is 0 Å². The second-order valence-electron chi connectivity index (χ2n) is 0.756. The number of rotatable bonds is 1. The molecule has 0 atom stereocenters. The molecular formula is CF2NO3S-. The molecule has 0 aromatic rings. The van der Waals surface area contributed by atoms with E-state index >= 15 is 0 Å². The summed E-state index contributed by atoms with van der Waals surface area (Å²) < 4.78 is 41.5. The van der Waals surface area contributed by atoms with Crippen LogP contribution in [0, 0.1) is 0 Å². The maximum Gasteiger partial charge on any atom is 0.419 e. The van der Waals surface area contributed by atoms with Crippen LogP contribution >= 0.6 is 0 Å². The van der Waals surface area contributed by atoms with Crippen LogP contribution in [0.1, 0.15) is 0 Å². The lowest BCUT2D eigenvalue weighted by Crippen LogP contribution is -2.11. The third-order valence-electron chi connectivity index (χ3n) is 0.181. The molecule has 0 aliphatic rings. The Morgan fingerprint density at radius 1 is 1.62 bits per heavy atom. The van der Waals surface area contributed by atoms with Crippen molar-refractivity contribution in [3.05, 3.63) is 0 Å². The third kappa shape index (κ3) is 5.28. The van der Waals surface area contributed by atoms with Crippen molar-refractivity contribution in [1.29, 1.82) is 0 Å². The van der Waals surface area contributed by atoms with Gasteiger partial charge in [0.15, 0.2) is 6.15 Å². The van der Waals surface area contributed by atoms with Gasteiger partial charge in [-0.3, -0.25) is 0 Å². The molecule has 0 fully saturated rings.